The minimum atomic E-state index is -3.30. The van der Waals surface area contributed by atoms with Gasteiger partial charge < -0.3 is 15.0 Å². The van der Waals surface area contributed by atoms with Crippen LogP contribution in [0, 0.1) is 0 Å². The fourth-order valence-electron chi connectivity index (χ4n) is 4.91. The number of carbonyl (C=O) groups excluding carboxylic acids is 1. The van der Waals surface area contributed by atoms with Crippen molar-refractivity contribution in [2.24, 2.45) is 0 Å². The zero-order valence-corrected chi connectivity index (χ0v) is 24.6. The molecule has 9 heteroatoms. The maximum atomic E-state index is 13.0. The van der Waals surface area contributed by atoms with E-state index >= 15 is 0 Å². The molecular weight excluding hydrogens is 512 g/mol. The van der Waals surface area contributed by atoms with E-state index in [9.17, 15) is 13.2 Å². The Morgan fingerprint density at radius 2 is 1.51 bits per heavy atom. The van der Waals surface area contributed by atoms with Crippen LogP contribution in [-0.4, -0.2) is 62.7 Å². The molecule has 1 aliphatic heterocycles. The molecule has 2 amide bonds. The van der Waals surface area contributed by atoms with Gasteiger partial charge in [0.25, 0.3) is 0 Å². The molecule has 0 radical (unpaired) electrons. The monoisotopic (exact) mass is 558 g/mol. The molecule has 39 heavy (non-hydrogen) atoms. The van der Waals surface area contributed by atoms with Crippen LogP contribution in [0.1, 0.15) is 70.8 Å². The van der Waals surface area contributed by atoms with Crippen molar-refractivity contribution in [1.82, 2.24) is 15.1 Å². The van der Waals surface area contributed by atoms with E-state index in [2.05, 4.69) is 45.8 Å². The lowest BCUT2D eigenvalue weighted by atomic mass is 10.0. The van der Waals surface area contributed by atoms with Gasteiger partial charge >= 0.3 is 6.03 Å². The van der Waals surface area contributed by atoms with E-state index in [-0.39, 0.29) is 6.03 Å². The molecule has 1 fully saturated rings. The Morgan fingerprint density at radius 3 is 2.10 bits per heavy atom. The van der Waals surface area contributed by atoms with Gasteiger partial charge in [-0.05, 0) is 67.6 Å². The molecule has 0 unspecified atom stereocenters. The van der Waals surface area contributed by atoms with Crippen molar-refractivity contribution in [2.75, 3.05) is 37.2 Å². The topological polar surface area (TPSA) is 91.0 Å². The molecule has 0 saturated carbocycles. The number of rotatable bonds is 15. The Morgan fingerprint density at radius 1 is 0.923 bits per heavy atom. The number of hydrogen-bond acceptors (Lipinski definition) is 5. The van der Waals surface area contributed by atoms with Crippen LogP contribution in [0.25, 0.3) is 0 Å². The van der Waals surface area contributed by atoms with Crippen molar-refractivity contribution >= 4 is 21.7 Å². The van der Waals surface area contributed by atoms with Crippen LogP contribution in [0.4, 0.5) is 10.5 Å². The first kappa shape index (κ1) is 30.8. The second-order valence-electron chi connectivity index (χ2n) is 10.5. The van der Waals surface area contributed by atoms with Crippen LogP contribution >= 0.6 is 0 Å². The molecule has 0 atom stereocenters. The van der Waals surface area contributed by atoms with Gasteiger partial charge in [0.2, 0.25) is 10.0 Å². The summed E-state index contributed by atoms with van der Waals surface area (Å²) in [6.07, 6.45) is 9.86. The Kier molecular flexibility index (Phi) is 12.4. The highest BCUT2D eigenvalue weighted by Gasteiger charge is 2.27. The van der Waals surface area contributed by atoms with E-state index < -0.39 is 10.0 Å². The lowest BCUT2D eigenvalue weighted by Gasteiger charge is -2.38. The summed E-state index contributed by atoms with van der Waals surface area (Å²) >= 11 is 0. The molecule has 2 aromatic rings. The van der Waals surface area contributed by atoms with Crippen molar-refractivity contribution in [2.45, 2.75) is 77.8 Å². The van der Waals surface area contributed by atoms with E-state index in [4.69, 9.17) is 4.74 Å². The first-order valence-corrected chi connectivity index (χ1v) is 16.3. The van der Waals surface area contributed by atoms with Crippen LogP contribution in [0.2, 0.25) is 0 Å². The Balaban J connectivity index is 1.47. The average Bonchev–Trinajstić information content (AvgIpc) is 2.91. The summed E-state index contributed by atoms with van der Waals surface area (Å²) in [7, 11) is -3.30. The van der Waals surface area contributed by atoms with E-state index in [1.807, 2.05) is 12.1 Å². The Bertz CT molecular complexity index is 1100. The molecule has 0 spiro atoms. The summed E-state index contributed by atoms with van der Waals surface area (Å²) in [5.74, 6) is 1.37. The highest BCUT2D eigenvalue weighted by atomic mass is 32.2. The standard InChI is InChI=1S/C30H46N4O4S/c1-4-6-8-20-31-30(35)34(21-9-7-5-2)27-18-22-33(23-19-27)24-25-10-14-28(15-11-25)38-29-16-12-26(13-17-29)32-39(3,36)37/h10-17,27,32H,4-9,18-24H2,1-3H3,(H,31,35). The van der Waals surface area contributed by atoms with Crippen molar-refractivity contribution in [3.05, 3.63) is 54.1 Å². The predicted octanol–water partition coefficient (Wildman–Crippen LogP) is 6.21. The third-order valence-corrected chi connectivity index (χ3v) is 7.65. The molecule has 1 aliphatic rings. The summed E-state index contributed by atoms with van der Waals surface area (Å²) in [5.41, 5.74) is 1.72. The number of carbonyl (C=O) groups is 1. The van der Waals surface area contributed by atoms with Crippen LogP contribution in [-0.2, 0) is 16.6 Å². The minimum Gasteiger partial charge on any atom is -0.457 e. The van der Waals surface area contributed by atoms with Crippen LogP contribution < -0.4 is 14.8 Å². The highest BCUT2D eigenvalue weighted by molar-refractivity contribution is 7.92. The number of piperidine rings is 1. The lowest BCUT2D eigenvalue weighted by molar-refractivity contribution is 0.116. The van der Waals surface area contributed by atoms with Gasteiger partial charge in [0.1, 0.15) is 11.5 Å². The Hall–Kier alpha value is -2.78. The van der Waals surface area contributed by atoms with Gasteiger partial charge in [-0.25, -0.2) is 13.2 Å². The van der Waals surface area contributed by atoms with E-state index in [1.54, 1.807) is 24.3 Å². The number of likely N-dealkylation sites (tertiary alicyclic amines) is 1. The fraction of sp³-hybridized carbons (Fsp3) is 0.567. The molecule has 216 valence electrons. The summed E-state index contributed by atoms with van der Waals surface area (Å²) in [4.78, 5) is 17.5. The lowest BCUT2D eigenvalue weighted by Crippen LogP contribution is -2.51. The SMILES string of the molecule is CCCCCNC(=O)N(CCCCC)C1CCN(Cc2ccc(Oc3ccc(NS(C)(=O)=O)cc3)cc2)CC1. The van der Waals surface area contributed by atoms with Crippen molar-refractivity contribution in [1.29, 1.82) is 0 Å². The maximum Gasteiger partial charge on any atom is 0.317 e. The van der Waals surface area contributed by atoms with Gasteiger partial charge in [-0.15, -0.1) is 0 Å². The number of nitrogens with one attached hydrogen (secondary N) is 2. The van der Waals surface area contributed by atoms with Gasteiger partial charge in [0, 0.05) is 44.5 Å². The number of benzene rings is 2. The van der Waals surface area contributed by atoms with E-state index in [1.165, 1.54) is 5.56 Å². The van der Waals surface area contributed by atoms with Gasteiger partial charge in [0.15, 0.2) is 0 Å². The molecule has 2 aromatic carbocycles. The summed E-state index contributed by atoms with van der Waals surface area (Å²) < 4.78 is 31.1. The molecule has 0 aliphatic carbocycles. The summed E-state index contributed by atoms with van der Waals surface area (Å²) in [5, 5.41) is 3.16. The number of urea groups is 1. The average molecular weight is 559 g/mol. The molecular formula is C30H46N4O4S. The van der Waals surface area contributed by atoms with Gasteiger partial charge in [-0.3, -0.25) is 9.62 Å². The van der Waals surface area contributed by atoms with Gasteiger partial charge in [0.05, 0.1) is 6.26 Å². The first-order valence-electron chi connectivity index (χ1n) is 14.4. The van der Waals surface area contributed by atoms with Crippen LogP contribution in [0.3, 0.4) is 0 Å². The smallest absolute Gasteiger partial charge is 0.317 e. The third kappa shape index (κ3) is 11.1. The molecule has 0 aromatic heterocycles. The minimum absolute atomic E-state index is 0.109. The van der Waals surface area contributed by atoms with E-state index in [0.29, 0.717) is 17.5 Å². The second kappa shape index (κ2) is 15.7. The molecule has 0 bridgehead atoms. The molecule has 3 rings (SSSR count). The second-order valence-corrected chi connectivity index (χ2v) is 12.2. The summed E-state index contributed by atoms with van der Waals surface area (Å²) in [6.45, 7) is 8.81. The fourth-order valence-corrected chi connectivity index (χ4v) is 5.47. The normalized spacial score (nSPS) is 14.6. The van der Waals surface area contributed by atoms with Gasteiger partial charge in [-0.1, -0.05) is 51.7 Å². The summed E-state index contributed by atoms with van der Waals surface area (Å²) in [6, 6.07) is 15.3. The Labute approximate surface area is 235 Å². The number of hydrogen-bond donors (Lipinski definition) is 2. The van der Waals surface area contributed by atoms with E-state index in [0.717, 1.165) is 96.1 Å². The maximum absolute atomic E-state index is 13.0. The quantitative estimate of drug-likeness (QED) is 0.254. The van der Waals surface area contributed by atoms with Crippen molar-refractivity contribution in [3.8, 4) is 11.5 Å². The molecule has 1 saturated heterocycles. The van der Waals surface area contributed by atoms with Crippen molar-refractivity contribution < 1.29 is 17.9 Å². The molecule has 8 nitrogen and oxygen atoms in total. The largest absolute Gasteiger partial charge is 0.457 e. The first-order chi connectivity index (χ1) is 18.8. The zero-order valence-electron chi connectivity index (χ0n) is 23.8. The van der Waals surface area contributed by atoms with Crippen LogP contribution in [0.15, 0.2) is 48.5 Å². The number of ether oxygens (including phenoxy) is 1. The number of anilines is 1. The number of unbranched alkanes of at least 4 members (excludes halogenated alkanes) is 4. The zero-order chi connectivity index (χ0) is 28.1. The van der Waals surface area contributed by atoms with Gasteiger partial charge in [-0.2, -0.15) is 0 Å². The van der Waals surface area contributed by atoms with Crippen LogP contribution in [0.5, 0.6) is 11.5 Å². The third-order valence-electron chi connectivity index (χ3n) is 7.04. The van der Waals surface area contributed by atoms with Crippen molar-refractivity contribution in [3.63, 3.8) is 0 Å². The predicted molar refractivity (Wildman–Crippen MR) is 159 cm³/mol. The molecule has 2 N–H and O–H groups in total. The number of sulfonamides is 1. The number of amides is 2. The molecule has 1 heterocycles. The number of nitrogens with zero attached hydrogens (tertiary/aromatic N) is 2. The highest BCUT2D eigenvalue weighted by Crippen LogP contribution is 2.25.